The smallest absolute Gasteiger partial charge is 0.323 e. The molecular formula is C12H21NO3. The van der Waals surface area contributed by atoms with Crippen LogP contribution in [0.15, 0.2) is 0 Å². The summed E-state index contributed by atoms with van der Waals surface area (Å²) in [5.41, 5.74) is 0. The maximum absolute atomic E-state index is 11.4. The van der Waals surface area contributed by atoms with Gasteiger partial charge in [-0.25, -0.2) is 0 Å². The Labute approximate surface area is 96.9 Å². The first-order valence-electron chi connectivity index (χ1n) is 6.24. The van der Waals surface area contributed by atoms with Crippen molar-refractivity contribution in [3.8, 4) is 0 Å². The first-order chi connectivity index (χ1) is 7.81. The van der Waals surface area contributed by atoms with Crippen LogP contribution < -0.4 is 0 Å². The van der Waals surface area contributed by atoms with Crippen molar-refractivity contribution in [2.45, 2.75) is 44.2 Å². The summed E-state index contributed by atoms with van der Waals surface area (Å²) in [5, 5.41) is 0. The summed E-state index contributed by atoms with van der Waals surface area (Å²) in [6.07, 6.45) is 6.06. The summed E-state index contributed by atoms with van der Waals surface area (Å²) in [5.74, 6) is -0.0872. The van der Waals surface area contributed by atoms with Crippen molar-refractivity contribution in [2.24, 2.45) is 0 Å². The lowest BCUT2D eigenvalue weighted by Crippen LogP contribution is -2.53. The number of methoxy groups -OCH3 is 1. The van der Waals surface area contributed by atoms with Gasteiger partial charge in [-0.3, -0.25) is 9.69 Å². The number of likely N-dealkylation sites (tertiary alicyclic amines) is 1. The van der Waals surface area contributed by atoms with E-state index in [0.717, 1.165) is 32.5 Å². The molecule has 2 fully saturated rings. The molecule has 0 aromatic rings. The van der Waals surface area contributed by atoms with Crippen LogP contribution in [0, 0.1) is 0 Å². The lowest BCUT2D eigenvalue weighted by atomic mass is 10.0. The van der Waals surface area contributed by atoms with Crippen LogP contribution in [-0.2, 0) is 14.3 Å². The molecule has 4 nitrogen and oxygen atoms in total. The summed E-state index contributed by atoms with van der Waals surface area (Å²) in [7, 11) is 1.46. The minimum Gasteiger partial charge on any atom is -0.468 e. The van der Waals surface area contributed by atoms with Gasteiger partial charge in [0.1, 0.15) is 6.04 Å². The third kappa shape index (κ3) is 2.74. The molecule has 0 aliphatic carbocycles. The van der Waals surface area contributed by atoms with E-state index in [9.17, 15) is 4.79 Å². The standard InChI is InChI=1S/C12H21NO3/c1-15-12(14)11-6-8-13(11)7-5-10-4-2-3-9-16-10/h10-11H,2-9H2,1H3. The Hall–Kier alpha value is -0.610. The van der Waals surface area contributed by atoms with Crippen LogP contribution in [0.2, 0.25) is 0 Å². The molecule has 4 heteroatoms. The third-order valence-electron chi connectivity index (χ3n) is 3.62. The third-order valence-corrected chi connectivity index (χ3v) is 3.62. The summed E-state index contributed by atoms with van der Waals surface area (Å²) in [6.45, 7) is 2.89. The number of hydrogen-bond donors (Lipinski definition) is 0. The Morgan fingerprint density at radius 1 is 1.44 bits per heavy atom. The Morgan fingerprint density at radius 2 is 2.31 bits per heavy atom. The summed E-state index contributed by atoms with van der Waals surface area (Å²) in [4.78, 5) is 13.6. The van der Waals surface area contributed by atoms with E-state index in [4.69, 9.17) is 9.47 Å². The average molecular weight is 227 g/mol. The van der Waals surface area contributed by atoms with E-state index >= 15 is 0 Å². The van der Waals surface area contributed by atoms with Gasteiger partial charge in [-0.05, 0) is 32.1 Å². The van der Waals surface area contributed by atoms with E-state index in [1.807, 2.05) is 0 Å². The highest BCUT2D eigenvalue weighted by molar-refractivity contribution is 5.76. The van der Waals surface area contributed by atoms with Crippen LogP contribution in [0.4, 0.5) is 0 Å². The molecule has 2 heterocycles. The molecule has 2 atom stereocenters. The number of carbonyl (C=O) groups is 1. The predicted molar refractivity (Wildman–Crippen MR) is 60.2 cm³/mol. The predicted octanol–water partition coefficient (Wildman–Crippen LogP) is 1.19. The molecule has 0 amide bonds. The fourth-order valence-corrected chi connectivity index (χ4v) is 2.46. The van der Waals surface area contributed by atoms with Crippen molar-refractivity contribution in [2.75, 3.05) is 26.8 Å². The molecule has 0 aromatic heterocycles. The molecule has 0 aromatic carbocycles. The van der Waals surface area contributed by atoms with Gasteiger partial charge >= 0.3 is 5.97 Å². The molecule has 0 N–H and O–H groups in total. The van der Waals surface area contributed by atoms with E-state index in [-0.39, 0.29) is 12.0 Å². The molecule has 2 aliphatic rings. The zero-order chi connectivity index (χ0) is 11.4. The zero-order valence-corrected chi connectivity index (χ0v) is 9.98. The largest absolute Gasteiger partial charge is 0.468 e. The minimum atomic E-state index is -0.0872. The number of nitrogens with zero attached hydrogens (tertiary/aromatic N) is 1. The lowest BCUT2D eigenvalue weighted by molar-refractivity contribution is -0.152. The molecule has 16 heavy (non-hydrogen) atoms. The van der Waals surface area contributed by atoms with E-state index in [2.05, 4.69) is 4.90 Å². The maximum Gasteiger partial charge on any atom is 0.323 e. The second-order valence-corrected chi connectivity index (χ2v) is 4.64. The molecule has 0 bridgehead atoms. The van der Waals surface area contributed by atoms with Gasteiger partial charge in [0.2, 0.25) is 0 Å². The summed E-state index contributed by atoms with van der Waals surface area (Å²) >= 11 is 0. The molecule has 0 radical (unpaired) electrons. The fraction of sp³-hybridized carbons (Fsp3) is 0.917. The number of carbonyl (C=O) groups excluding carboxylic acids is 1. The van der Waals surface area contributed by atoms with Crippen molar-refractivity contribution >= 4 is 5.97 Å². The Bertz CT molecular complexity index is 238. The van der Waals surface area contributed by atoms with Crippen molar-refractivity contribution in [3.63, 3.8) is 0 Å². The van der Waals surface area contributed by atoms with E-state index < -0.39 is 0 Å². The van der Waals surface area contributed by atoms with Crippen molar-refractivity contribution in [3.05, 3.63) is 0 Å². The van der Waals surface area contributed by atoms with Gasteiger partial charge in [0.05, 0.1) is 13.2 Å². The second-order valence-electron chi connectivity index (χ2n) is 4.64. The van der Waals surface area contributed by atoms with Crippen LogP contribution in [0.3, 0.4) is 0 Å². The SMILES string of the molecule is COC(=O)C1CCN1CCC1CCCCO1. The Balaban J connectivity index is 1.67. The van der Waals surface area contributed by atoms with Gasteiger partial charge in [0.25, 0.3) is 0 Å². The molecule has 2 aliphatic heterocycles. The van der Waals surface area contributed by atoms with Gasteiger partial charge in [-0.15, -0.1) is 0 Å². The van der Waals surface area contributed by atoms with Crippen molar-refractivity contribution in [1.29, 1.82) is 0 Å². The number of esters is 1. The quantitative estimate of drug-likeness (QED) is 0.676. The molecule has 2 rings (SSSR count). The topological polar surface area (TPSA) is 38.8 Å². The van der Waals surface area contributed by atoms with Crippen LogP contribution in [-0.4, -0.2) is 49.8 Å². The van der Waals surface area contributed by atoms with Gasteiger partial charge < -0.3 is 9.47 Å². The summed E-state index contributed by atoms with van der Waals surface area (Å²) < 4.78 is 10.4. The normalized spacial score (nSPS) is 30.8. The highest BCUT2D eigenvalue weighted by Gasteiger charge is 2.34. The fourth-order valence-electron chi connectivity index (χ4n) is 2.46. The first kappa shape index (κ1) is 11.9. The Morgan fingerprint density at radius 3 is 2.88 bits per heavy atom. The highest BCUT2D eigenvalue weighted by atomic mass is 16.5. The van der Waals surface area contributed by atoms with Gasteiger partial charge in [-0.1, -0.05) is 0 Å². The molecule has 0 spiro atoms. The molecule has 2 saturated heterocycles. The van der Waals surface area contributed by atoms with E-state index in [1.165, 1.54) is 26.4 Å². The van der Waals surface area contributed by atoms with Crippen molar-refractivity contribution < 1.29 is 14.3 Å². The van der Waals surface area contributed by atoms with E-state index in [0.29, 0.717) is 6.10 Å². The highest BCUT2D eigenvalue weighted by Crippen LogP contribution is 2.21. The zero-order valence-electron chi connectivity index (χ0n) is 9.98. The second kappa shape index (κ2) is 5.64. The summed E-state index contributed by atoms with van der Waals surface area (Å²) in [6, 6.07) is 0.00795. The van der Waals surface area contributed by atoms with Crippen molar-refractivity contribution in [1.82, 2.24) is 4.90 Å². The van der Waals surface area contributed by atoms with E-state index in [1.54, 1.807) is 0 Å². The van der Waals surface area contributed by atoms with Crippen LogP contribution >= 0.6 is 0 Å². The van der Waals surface area contributed by atoms with Crippen LogP contribution in [0.1, 0.15) is 32.1 Å². The van der Waals surface area contributed by atoms with Gasteiger partial charge in [0.15, 0.2) is 0 Å². The number of hydrogen-bond acceptors (Lipinski definition) is 4. The number of ether oxygens (including phenoxy) is 2. The molecule has 2 unspecified atom stereocenters. The number of rotatable bonds is 4. The molecule has 0 saturated carbocycles. The molecule has 92 valence electrons. The maximum atomic E-state index is 11.4. The average Bonchev–Trinajstić information content (AvgIpc) is 2.29. The Kier molecular flexibility index (Phi) is 4.18. The van der Waals surface area contributed by atoms with Gasteiger partial charge in [0, 0.05) is 19.7 Å². The van der Waals surface area contributed by atoms with Crippen LogP contribution in [0.5, 0.6) is 0 Å². The van der Waals surface area contributed by atoms with Gasteiger partial charge in [-0.2, -0.15) is 0 Å². The minimum absolute atomic E-state index is 0.00795. The van der Waals surface area contributed by atoms with Crippen LogP contribution in [0.25, 0.3) is 0 Å². The monoisotopic (exact) mass is 227 g/mol. The lowest BCUT2D eigenvalue weighted by Gasteiger charge is -2.39. The molecular weight excluding hydrogens is 206 g/mol. The first-order valence-corrected chi connectivity index (χ1v) is 6.24.